The molecule has 0 bridgehead atoms. The summed E-state index contributed by atoms with van der Waals surface area (Å²) in [5.74, 6) is 0.211. The first-order valence-corrected chi connectivity index (χ1v) is 11.4. The molecular weight excluding hydrogens is 492 g/mol. The fraction of sp³-hybridized carbons (Fsp3) is 0.350. The minimum atomic E-state index is -4.93. The fourth-order valence-electron chi connectivity index (χ4n) is 3.27. The van der Waals surface area contributed by atoms with E-state index in [4.69, 9.17) is 14.7 Å². The molecule has 14 heteroatoms. The van der Waals surface area contributed by atoms with Crippen LogP contribution in [0.4, 0.5) is 37.7 Å². The molecule has 0 radical (unpaired) electrons. The van der Waals surface area contributed by atoms with Crippen LogP contribution in [0.3, 0.4) is 0 Å². The van der Waals surface area contributed by atoms with Crippen LogP contribution in [0.2, 0.25) is 0 Å². The SMILES string of the molecule is CS(=O)(=O)Nc1ccc(OCC2CN(c3ccc(C#N)c(C(F)(F)F)c3)C(C(F)(F)F)O2)cc1. The van der Waals surface area contributed by atoms with Crippen LogP contribution in [0.1, 0.15) is 11.1 Å². The smallest absolute Gasteiger partial charge is 0.433 e. The van der Waals surface area contributed by atoms with E-state index in [1.54, 1.807) is 0 Å². The lowest BCUT2D eigenvalue weighted by molar-refractivity contribution is -0.215. The van der Waals surface area contributed by atoms with Crippen LogP contribution in [0.25, 0.3) is 0 Å². The minimum Gasteiger partial charge on any atom is -0.491 e. The topological polar surface area (TPSA) is 91.7 Å². The van der Waals surface area contributed by atoms with E-state index in [9.17, 15) is 34.8 Å². The number of nitrogens with zero attached hydrogens (tertiary/aromatic N) is 2. The number of anilines is 2. The highest BCUT2D eigenvalue weighted by Gasteiger charge is 2.51. The Balaban J connectivity index is 1.76. The lowest BCUT2D eigenvalue weighted by Crippen LogP contribution is -2.42. The molecule has 2 aromatic carbocycles. The van der Waals surface area contributed by atoms with Gasteiger partial charge < -0.3 is 14.4 Å². The highest BCUT2D eigenvalue weighted by molar-refractivity contribution is 7.92. The monoisotopic (exact) mass is 509 g/mol. The van der Waals surface area contributed by atoms with Crippen LogP contribution in [-0.2, 0) is 20.9 Å². The van der Waals surface area contributed by atoms with Crippen molar-refractivity contribution >= 4 is 21.4 Å². The first-order valence-electron chi connectivity index (χ1n) is 9.48. The van der Waals surface area contributed by atoms with Crippen molar-refractivity contribution in [2.24, 2.45) is 0 Å². The van der Waals surface area contributed by atoms with Gasteiger partial charge in [0.05, 0.1) is 30.0 Å². The second kappa shape index (κ2) is 9.22. The summed E-state index contributed by atoms with van der Waals surface area (Å²) >= 11 is 0. The molecule has 2 unspecified atom stereocenters. The van der Waals surface area contributed by atoms with Gasteiger partial charge in [-0.15, -0.1) is 0 Å². The number of nitriles is 1. The van der Waals surface area contributed by atoms with Gasteiger partial charge in [-0.25, -0.2) is 8.42 Å². The Kier molecular flexibility index (Phi) is 6.90. The van der Waals surface area contributed by atoms with Gasteiger partial charge in [0, 0.05) is 11.4 Å². The Morgan fingerprint density at radius 1 is 1.15 bits per heavy atom. The largest absolute Gasteiger partial charge is 0.491 e. The summed E-state index contributed by atoms with van der Waals surface area (Å²) < 4.78 is 116. The van der Waals surface area contributed by atoms with Crippen LogP contribution in [0.5, 0.6) is 5.75 Å². The van der Waals surface area contributed by atoms with E-state index in [1.165, 1.54) is 30.3 Å². The molecule has 0 aliphatic carbocycles. The van der Waals surface area contributed by atoms with Crippen molar-refractivity contribution in [2.75, 3.05) is 29.0 Å². The molecule has 1 fully saturated rings. The first-order chi connectivity index (χ1) is 15.7. The Hall–Kier alpha value is -3.18. The van der Waals surface area contributed by atoms with Gasteiger partial charge in [0.25, 0.3) is 0 Å². The summed E-state index contributed by atoms with van der Waals surface area (Å²) in [4.78, 5) is 0.629. The molecule has 1 aliphatic rings. The van der Waals surface area contributed by atoms with Crippen LogP contribution in [0, 0.1) is 11.3 Å². The normalized spacial score (nSPS) is 19.1. The summed E-state index contributed by atoms with van der Waals surface area (Å²) in [5.41, 5.74) is -2.23. The number of rotatable bonds is 6. The maximum absolute atomic E-state index is 13.6. The van der Waals surface area contributed by atoms with E-state index in [0.717, 1.165) is 18.4 Å². The Labute approximate surface area is 190 Å². The van der Waals surface area contributed by atoms with Crippen LogP contribution < -0.4 is 14.4 Å². The molecule has 2 atom stereocenters. The van der Waals surface area contributed by atoms with Gasteiger partial charge in [-0.05, 0) is 42.5 Å². The van der Waals surface area contributed by atoms with Crippen LogP contribution in [-0.4, -0.2) is 46.3 Å². The molecule has 2 aromatic rings. The van der Waals surface area contributed by atoms with Crippen molar-refractivity contribution in [3.05, 3.63) is 53.6 Å². The molecule has 0 spiro atoms. The molecule has 0 saturated carbocycles. The number of halogens is 6. The third kappa shape index (κ3) is 6.23. The van der Waals surface area contributed by atoms with E-state index in [2.05, 4.69) is 4.72 Å². The highest BCUT2D eigenvalue weighted by Crippen LogP contribution is 2.39. The maximum Gasteiger partial charge on any atom is 0.433 e. The zero-order valence-corrected chi connectivity index (χ0v) is 18.1. The molecule has 1 N–H and O–H groups in total. The van der Waals surface area contributed by atoms with Crippen LogP contribution >= 0.6 is 0 Å². The van der Waals surface area contributed by atoms with Crippen molar-refractivity contribution in [1.82, 2.24) is 0 Å². The summed E-state index contributed by atoms with van der Waals surface area (Å²) in [7, 11) is -3.50. The molecule has 0 aromatic heterocycles. The van der Waals surface area contributed by atoms with Gasteiger partial charge in [-0.3, -0.25) is 4.72 Å². The van der Waals surface area contributed by atoms with Gasteiger partial charge >= 0.3 is 12.4 Å². The second-order valence-electron chi connectivity index (χ2n) is 7.35. The van der Waals surface area contributed by atoms with Crippen molar-refractivity contribution in [2.45, 2.75) is 24.7 Å². The summed E-state index contributed by atoms with van der Waals surface area (Å²) in [6.07, 6.45) is -12.6. The van der Waals surface area contributed by atoms with Crippen LogP contribution in [0.15, 0.2) is 42.5 Å². The lowest BCUT2D eigenvalue weighted by Gasteiger charge is -2.27. The summed E-state index contributed by atoms with van der Waals surface area (Å²) in [6, 6.07) is 9.19. The predicted octanol–water partition coefficient (Wildman–Crippen LogP) is 4.12. The molecule has 1 saturated heterocycles. The molecule has 34 heavy (non-hydrogen) atoms. The Morgan fingerprint density at radius 3 is 2.32 bits per heavy atom. The van der Waals surface area contributed by atoms with Crippen molar-refractivity contribution in [1.29, 1.82) is 5.26 Å². The Morgan fingerprint density at radius 2 is 1.79 bits per heavy atom. The van der Waals surface area contributed by atoms with E-state index < -0.39 is 58.1 Å². The molecule has 3 rings (SSSR count). The maximum atomic E-state index is 13.6. The lowest BCUT2D eigenvalue weighted by atomic mass is 10.1. The number of alkyl halides is 6. The van der Waals surface area contributed by atoms with Gasteiger partial charge in [-0.1, -0.05) is 0 Å². The van der Waals surface area contributed by atoms with Crippen molar-refractivity contribution in [3.8, 4) is 11.8 Å². The second-order valence-corrected chi connectivity index (χ2v) is 9.10. The van der Waals surface area contributed by atoms with Gasteiger partial charge in [0.1, 0.15) is 18.5 Å². The quantitative estimate of drug-likeness (QED) is 0.590. The average molecular weight is 509 g/mol. The molecule has 0 amide bonds. The highest BCUT2D eigenvalue weighted by atomic mass is 32.2. The predicted molar refractivity (Wildman–Crippen MR) is 109 cm³/mol. The van der Waals surface area contributed by atoms with Gasteiger partial charge in [-0.2, -0.15) is 31.6 Å². The molecule has 7 nitrogen and oxygen atoms in total. The van der Waals surface area contributed by atoms with E-state index in [-0.39, 0.29) is 18.0 Å². The van der Waals surface area contributed by atoms with Gasteiger partial charge in [0.15, 0.2) is 0 Å². The third-order valence-electron chi connectivity index (χ3n) is 4.64. The zero-order chi connectivity index (χ0) is 25.3. The summed E-state index contributed by atoms with van der Waals surface area (Å²) in [5, 5.41) is 8.89. The third-order valence-corrected chi connectivity index (χ3v) is 5.25. The molecule has 1 aliphatic heterocycles. The number of hydrogen-bond acceptors (Lipinski definition) is 6. The number of ether oxygens (including phenoxy) is 2. The number of sulfonamides is 1. The molecular formula is C20H17F6N3O4S. The number of hydrogen-bond donors (Lipinski definition) is 1. The standard InChI is InChI=1S/C20H17F6N3O4S/c1-34(30,31)28-13-3-6-15(7-4-13)32-11-16-10-29(18(33-16)20(24,25)26)14-5-2-12(9-27)17(8-14)19(21,22)23/h2-8,16,18,28H,10-11H2,1H3. The van der Waals surface area contributed by atoms with Crippen molar-refractivity contribution in [3.63, 3.8) is 0 Å². The van der Waals surface area contributed by atoms with E-state index >= 15 is 0 Å². The zero-order valence-electron chi connectivity index (χ0n) is 17.3. The van der Waals surface area contributed by atoms with E-state index in [1.807, 2.05) is 0 Å². The number of nitrogens with one attached hydrogen (secondary N) is 1. The van der Waals surface area contributed by atoms with Crippen molar-refractivity contribution < 1.29 is 44.2 Å². The van der Waals surface area contributed by atoms with E-state index in [0.29, 0.717) is 11.0 Å². The molecule has 184 valence electrons. The fourth-order valence-corrected chi connectivity index (χ4v) is 3.83. The molecule has 1 heterocycles. The minimum absolute atomic E-state index is 0.211. The van der Waals surface area contributed by atoms with Gasteiger partial charge in [0.2, 0.25) is 16.3 Å². The number of benzene rings is 2. The summed E-state index contributed by atoms with van der Waals surface area (Å²) in [6.45, 7) is -0.786. The average Bonchev–Trinajstić information content (AvgIpc) is 3.16. The first kappa shape index (κ1) is 25.4. The Bertz CT molecular complexity index is 1180.